The van der Waals surface area contributed by atoms with Crippen molar-refractivity contribution in [3.05, 3.63) is 11.9 Å². The molecule has 112 valence electrons. The zero-order chi connectivity index (χ0) is 13.8. The van der Waals surface area contributed by atoms with E-state index in [0.717, 1.165) is 24.8 Å². The van der Waals surface area contributed by atoms with Crippen molar-refractivity contribution in [2.24, 2.45) is 0 Å². The molecule has 20 heavy (non-hydrogen) atoms. The Bertz CT molecular complexity index is 417. The van der Waals surface area contributed by atoms with E-state index in [1.807, 2.05) is 0 Å². The van der Waals surface area contributed by atoms with Gasteiger partial charge >= 0.3 is 0 Å². The SMILES string of the molecule is Cc1cn(C2CCCCC2)c(NCC2CCCCO2)n1. The molecular formula is C16H27N3O. The van der Waals surface area contributed by atoms with Crippen LogP contribution in [0.25, 0.3) is 0 Å². The van der Waals surface area contributed by atoms with Crippen LogP contribution < -0.4 is 5.32 Å². The molecule has 4 heteroatoms. The molecule has 1 N–H and O–H groups in total. The monoisotopic (exact) mass is 277 g/mol. The Kier molecular flexibility index (Phi) is 4.61. The highest BCUT2D eigenvalue weighted by Crippen LogP contribution is 2.30. The molecule has 1 unspecified atom stereocenters. The van der Waals surface area contributed by atoms with Gasteiger partial charge in [-0.3, -0.25) is 0 Å². The quantitative estimate of drug-likeness (QED) is 0.912. The molecule has 2 fully saturated rings. The summed E-state index contributed by atoms with van der Waals surface area (Å²) in [5.41, 5.74) is 1.11. The van der Waals surface area contributed by atoms with Crippen molar-refractivity contribution in [3.63, 3.8) is 0 Å². The minimum absolute atomic E-state index is 0.362. The number of imidazole rings is 1. The normalized spacial score (nSPS) is 24.8. The van der Waals surface area contributed by atoms with E-state index >= 15 is 0 Å². The summed E-state index contributed by atoms with van der Waals surface area (Å²) in [5, 5.41) is 3.53. The molecule has 0 aromatic carbocycles. The first-order valence-corrected chi connectivity index (χ1v) is 8.24. The number of ether oxygens (including phenoxy) is 1. The largest absolute Gasteiger partial charge is 0.376 e. The van der Waals surface area contributed by atoms with Gasteiger partial charge in [-0.15, -0.1) is 0 Å². The number of hydrogen-bond acceptors (Lipinski definition) is 3. The van der Waals surface area contributed by atoms with Crippen LogP contribution in [0.5, 0.6) is 0 Å². The average Bonchev–Trinajstić information content (AvgIpc) is 2.88. The number of nitrogens with one attached hydrogen (secondary N) is 1. The second-order valence-electron chi connectivity index (χ2n) is 6.27. The molecule has 0 radical (unpaired) electrons. The second kappa shape index (κ2) is 6.61. The van der Waals surface area contributed by atoms with E-state index in [-0.39, 0.29) is 0 Å². The van der Waals surface area contributed by atoms with Gasteiger partial charge in [-0.2, -0.15) is 0 Å². The summed E-state index contributed by atoms with van der Waals surface area (Å²) in [7, 11) is 0. The number of hydrogen-bond donors (Lipinski definition) is 1. The first kappa shape index (κ1) is 13.9. The van der Waals surface area contributed by atoms with Crippen molar-refractivity contribution >= 4 is 5.95 Å². The van der Waals surface area contributed by atoms with Crippen LogP contribution in [-0.2, 0) is 4.74 Å². The number of anilines is 1. The standard InChI is InChI=1S/C16H27N3O/c1-13-12-19(14-7-3-2-4-8-14)16(18-13)17-11-15-9-5-6-10-20-15/h12,14-15H,2-11H2,1H3,(H,17,18). The summed E-state index contributed by atoms with van der Waals surface area (Å²) in [5.74, 6) is 1.04. The molecule has 2 aliphatic rings. The van der Waals surface area contributed by atoms with Crippen molar-refractivity contribution in [1.82, 2.24) is 9.55 Å². The average molecular weight is 277 g/mol. The highest BCUT2D eigenvalue weighted by molar-refractivity contribution is 5.30. The van der Waals surface area contributed by atoms with Crippen molar-refractivity contribution in [2.75, 3.05) is 18.5 Å². The van der Waals surface area contributed by atoms with E-state index in [4.69, 9.17) is 4.74 Å². The summed E-state index contributed by atoms with van der Waals surface area (Å²) in [6.45, 7) is 3.90. The van der Waals surface area contributed by atoms with E-state index in [0.29, 0.717) is 12.1 Å². The highest BCUT2D eigenvalue weighted by Gasteiger charge is 2.20. The molecule has 1 saturated heterocycles. The van der Waals surface area contributed by atoms with Crippen LogP contribution in [0.3, 0.4) is 0 Å². The van der Waals surface area contributed by atoms with Crippen molar-refractivity contribution in [3.8, 4) is 0 Å². The van der Waals surface area contributed by atoms with Gasteiger partial charge in [0, 0.05) is 25.4 Å². The Morgan fingerprint density at radius 2 is 2.00 bits per heavy atom. The summed E-state index contributed by atoms with van der Waals surface area (Å²) in [6.07, 6.45) is 12.9. The zero-order valence-electron chi connectivity index (χ0n) is 12.6. The lowest BCUT2D eigenvalue weighted by atomic mass is 9.95. The first-order chi connectivity index (χ1) is 9.83. The lowest BCUT2D eigenvalue weighted by Crippen LogP contribution is -2.28. The maximum Gasteiger partial charge on any atom is 0.203 e. The van der Waals surface area contributed by atoms with Crippen LogP contribution in [0, 0.1) is 6.92 Å². The van der Waals surface area contributed by atoms with Gasteiger partial charge < -0.3 is 14.6 Å². The Morgan fingerprint density at radius 1 is 1.20 bits per heavy atom. The number of nitrogens with zero attached hydrogens (tertiary/aromatic N) is 2. The molecule has 1 aromatic heterocycles. The van der Waals surface area contributed by atoms with Gasteiger partial charge in [-0.05, 0) is 39.0 Å². The first-order valence-electron chi connectivity index (χ1n) is 8.24. The van der Waals surface area contributed by atoms with Crippen LogP contribution >= 0.6 is 0 Å². The second-order valence-corrected chi connectivity index (χ2v) is 6.27. The maximum absolute atomic E-state index is 5.79. The molecule has 1 saturated carbocycles. The third kappa shape index (κ3) is 3.35. The lowest BCUT2D eigenvalue weighted by molar-refractivity contribution is 0.0246. The maximum atomic E-state index is 5.79. The minimum atomic E-state index is 0.362. The molecule has 0 spiro atoms. The van der Waals surface area contributed by atoms with Gasteiger partial charge in [0.15, 0.2) is 0 Å². The molecule has 1 aliphatic heterocycles. The zero-order valence-corrected chi connectivity index (χ0v) is 12.6. The summed E-state index contributed by atoms with van der Waals surface area (Å²) < 4.78 is 8.16. The van der Waals surface area contributed by atoms with Crippen molar-refractivity contribution in [2.45, 2.75) is 70.4 Å². The number of rotatable bonds is 4. The third-order valence-electron chi connectivity index (χ3n) is 4.58. The topological polar surface area (TPSA) is 39.1 Å². The van der Waals surface area contributed by atoms with E-state index in [1.165, 1.54) is 51.4 Å². The smallest absolute Gasteiger partial charge is 0.203 e. The fraction of sp³-hybridized carbons (Fsp3) is 0.812. The lowest BCUT2D eigenvalue weighted by Gasteiger charge is -2.26. The van der Waals surface area contributed by atoms with Crippen LogP contribution in [0.2, 0.25) is 0 Å². The predicted octanol–water partition coefficient (Wildman–Crippen LogP) is 3.68. The van der Waals surface area contributed by atoms with Crippen LogP contribution in [0.4, 0.5) is 5.95 Å². The van der Waals surface area contributed by atoms with E-state index < -0.39 is 0 Å². The van der Waals surface area contributed by atoms with Crippen molar-refractivity contribution in [1.29, 1.82) is 0 Å². The fourth-order valence-electron chi connectivity index (χ4n) is 3.46. The third-order valence-corrected chi connectivity index (χ3v) is 4.58. The van der Waals surface area contributed by atoms with Gasteiger partial charge in [-0.1, -0.05) is 19.3 Å². The van der Waals surface area contributed by atoms with Gasteiger partial charge in [0.05, 0.1) is 11.8 Å². The van der Waals surface area contributed by atoms with E-state index in [9.17, 15) is 0 Å². The van der Waals surface area contributed by atoms with Crippen LogP contribution in [0.15, 0.2) is 6.20 Å². The summed E-state index contributed by atoms with van der Waals surface area (Å²) in [4.78, 5) is 4.67. The van der Waals surface area contributed by atoms with Crippen LogP contribution in [0.1, 0.15) is 63.1 Å². The Labute approximate surface area is 121 Å². The Hall–Kier alpha value is -1.03. The highest BCUT2D eigenvalue weighted by atomic mass is 16.5. The molecule has 3 rings (SSSR count). The Balaban J connectivity index is 1.62. The molecular weight excluding hydrogens is 250 g/mol. The summed E-state index contributed by atoms with van der Waals surface area (Å²) in [6, 6.07) is 0.639. The van der Waals surface area contributed by atoms with Gasteiger partial charge in [0.25, 0.3) is 0 Å². The van der Waals surface area contributed by atoms with Gasteiger partial charge in [0.1, 0.15) is 0 Å². The fourth-order valence-corrected chi connectivity index (χ4v) is 3.46. The summed E-state index contributed by atoms with van der Waals surface area (Å²) >= 11 is 0. The minimum Gasteiger partial charge on any atom is -0.376 e. The number of aryl methyl sites for hydroxylation is 1. The molecule has 1 aromatic rings. The van der Waals surface area contributed by atoms with Crippen molar-refractivity contribution < 1.29 is 4.74 Å². The van der Waals surface area contributed by atoms with Crippen LogP contribution in [-0.4, -0.2) is 28.8 Å². The molecule has 1 atom stereocenters. The Morgan fingerprint density at radius 3 is 2.75 bits per heavy atom. The predicted molar refractivity (Wildman–Crippen MR) is 81.2 cm³/mol. The molecule has 4 nitrogen and oxygen atoms in total. The van der Waals surface area contributed by atoms with Gasteiger partial charge in [-0.25, -0.2) is 4.98 Å². The van der Waals surface area contributed by atoms with Gasteiger partial charge in [0.2, 0.25) is 5.95 Å². The molecule has 0 amide bonds. The van der Waals surface area contributed by atoms with E-state index in [1.54, 1.807) is 0 Å². The number of aromatic nitrogens is 2. The molecule has 0 bridgehead atoms. The van der Waals surface area contributed by atoms with E-state index in [2.05, 4.69) is 28.0 Å². The molecule has 2 heterocycles. The molecule has 1 aliphatic carbocycles.